The van der Waals surface area contributed by atoms with Crippen molar-refractivity contribution in [1.29, 1.82) is 0 Å². The van der Waals surface area contributed by atoms with Crippen LogP contribution in [0.3, 0.4) is 0 Å². The van der Waals surface area contributed by atoms with Gasteiger partial charge in [0.2, 0.25) is 19.1 Å². The molecule has 0 fully saturated rings. The molecular formula is C26H28N2O6. The number of carbonyl (C=O) groups is 2. The van der Waals surface area contributed by atoms with Gasteiger partial charge in [-0.3, -0.25) is 9.59 Å². The van der Waals surface area contributed by atoms with Crippen LogP contribution in [0.25, 0.3) is 0 Å². The number of phenols is 1. The maximum Gasteiger partial charge on any atom is 0.239 e. The van der Waals surface area contributed by atoms with Crippen molar-refractivity contribution in [1.82, 2.24) is 9.80 Å². The SMILES string of the molecule is COC1C=CC2(C(=O)N(CCc3ccc(O)cc3)Cc3cc4c(cc32)OCO4)C(N(C)C=O)C1. The van der Waals surface area contributed by atoms with Gasteiger partial charge in [0.15, 0.2) is 11.5 Å². The van der Waals surface area contributed by atoms with Crippen molar-refractivity contribution in [3.8, 4) is 17.2 Å². The van der Waals surface area contributed by atoms with Crippen molar-refractivity contribution in [2.24, 2.45) is 0 Å². The molecule has 3 atom stereocenters. The summed E-state index contributed by atoms with van der Waals surface area (Å²) in [7, 11) is 3.34. The minimum Gasteiger partial charge on any atom is -0.508 e. The number of benzene rings is 2. The van der Waals surface area contributed by atoms with Gasteiger partial charge in [-0.1, -0.05) is 24.3 Å². The Bertz CT molecular complexity index is 1130. The zero-order chi connectivity index (χ0) is 23.9. The highest BCUT2D eigenvalue weighted by molar-refractivity contribution is 5.94. The highest BCUT2D eigenvalue weighted by Crippen LogP contribution is 2.48. The molecule has 0 bridgehead atoms. The third kappa shape index (κ3) is 3.58. The lowest BCUT2D eigenvalue weighted by molar-refractivity contribution is -0.142. The van der Waals surface area contributed by atoms with Gasteiger partial charge in [0.05, 0.1) is 12.1 Å². The quantitative estimate of drug-likeness (QED) is 0.522. The third-order valence-electron chi connectivity index (χ3n) is 7.17. The second-order valence-electron chi connectivity index (χ2n) is 9.03. The van der Waals surface area contributed by atoms with E-state index >= 15 is 0 Å². The van der Waals surface area contributed by atoms with E-state index in [9.17, 15) is 14.7 Å². The van der Waals surface area contributed by atoms with E-state index in [-0.39, 0.29) is 24.6 Å². The monoisotopic (exact) mass is 464 g/mol. The van der Waals surface area contributed by atoms with E-state index in [4.69, 9.17) is 14.2 Å². The summed E-state index contributed by atoms with van der Waals surface area (Å²) < 4.78 is 16.8. The van der Waals surface area contributed by atoms with E-state index in [1.807, 2.05) is 41.3 Å². The highest BCUT2D eigenvalue weighted by Gasteiger charge is 2.54. The standard InChI is InChI=1S/C26H28N2O6/c1-27(15-29)24-12-20(32-2)7-9-26(24)21-13-23-22(33-16-34-23)11-18(21)14-28(25(26)31)10-8-17-3-5-19(30)6-4-17/h3-7,9,11,13,15,20,24,30H,8,10,12,14,16H2,1-2H3. The number of amides is 2. The van der Waals surface area contributed by atoms with Gasteiger partial charge < -0.3 is 29.1 Å². The summed E-state index contributed by atoms with van der Waals surface area (Å²) in [6.45, 7) is 1.07. The Kier molecular flexibility index (Phi) is 5.69. The Hall–Kier alpha value is -3.52. The van der Waals surface area contributed by atoms with Crippen molar-refractivity contribution < 1.29 is 28.9 Å². The van der Waals surface area contributed by atoms with Crippen LogP contribution in [0.5, 0.6) is 17.2 Å². The first-order valence-electron chi connectivity index (χ1n) is 11.4. The molecule has 0 aromatic heterocycles. The van der Waals surface area contributed by atoms with Crippen molar-refractivity contribution in [3.05, 3.63) is 65.2 Å². The molecule has 2 amide bonds. The fraction of sp³-hybridized carbons (Fsp3) is 0.385. The van der Waals surface area contributed by atoms with Crippen LogP contribution in [0.4, 0.5) is 0 Å². The summed E-state index contributed by atoms with van der Waals surface area (Å²) in [6.07, 6.45) is 5.54. The van der Waals surface area contributed by atoms with Gasteiger partial charge in [-0.05, 0) is 53.8 Å². The maximum absolute atomic E-state index is 14.2. The van der Waals surface area contributed by atoms with Gasteiger partial charge in [0.25, 0.3) is 0 Å². The molecule has 2 aliphatic heterocycles. The number of carbonyl (C=O) groups excluding carboxylic acids is 2. The topological polar surface area (TPSA) is 88.5 Å². The highest BCUT2D eigenvalue weighted by atomic mass is 16.7. The lowest BCUT2D eigenvalue weighted by Crippen LogP contribution is -2.62. The van der Waals surface area contributed by atoms with Crippen LogP contribution < -0.4 is 9.47 Å². The average molecular weight is 465 g/mol. The normalized spacial score (nSPS) is 24.9. The van der Waals surface area contributed by atoms with Crippen LogP contribution in [0, 0.1) is 0 Å². The summed E-state index contributed by atoms with van der Waals surface area (Å²) in [5.74, 6) is 1.43. The number of aromatic hydroxyl groups is 1. The molecule has 2 aromatic rings. The molecular weight excluding hydrogens is 436 g/mol. The van der Waals surface area contributed by atoms with Gasteiger partial charge >= 0.3 is 0 Å². The van der Waals surface area contributed by atoms with E-state index in [1.165, 1.54) is 0 Å². The smallest absolute Gasteiger partial charge is 0.239 e. The number of methoxy groups -OCH3 is 1. The van der Waals surface area contributed by atoms with Crippen LogP contribution in [-0.4, -0.2) is 66.9 Å². The van der Waals surface area contributed by atoms with Crippen molar-refractivity contribution in [2.75, 3.05) is 27.5 Å². The van der Waals surface area contributed by atoms with Crippen LogP contribution in [0.1, 0.15) is 23.1 Å². The first-order chi connectivity index (χ1) is 16.5. The lowest BCUT2D eigenvalue weighted by atomic mass is 9.64. The molecule has 8 nitrogen and oxygen atoms in total. The Balaban J connectivity index is 1.59. The molecule has 0 radical (unpaired) electrons. The van der Waals surface area contributed by atoms with E-state index in [0.717, 1.165) is 23.1 Å². The van der Waals surface area contributed by atoms with Gasteiger partial charge in [0, 0.05) is 27.2 Å². The summed E-state index contributed by atoms with van der Waals surface area (Å²) in [4.78, 5) is 29.6. The minimum atomic E-state index is -1.06. The summed E-state index contributed by atoms with van der Waals surface area (Å²) >= 11 is 0. The average Bonchev–Trinajstić information content (AvgIpc) is 3.32. The predicted octanol–water partition coefficient (Wildman–Crippen LogP) is 2.38. The molecule has 0 saturated carbocycles. The van der Waals surface area contributed by atoms with Gasteiger partial charge in [0.1, 0.15) is 11.2 Å². The molecule has 5 rings (SSSR count). The third-order valence-corrected chi connectivity index (χ3v) is 7.17. The van der Waals surface area contributed by atoms with Gasteiger partial charge in [-0.2, -0.15) is 0 Å². The second kappa shape index (κ2) is 8.68. The number of likely N-dealkylation sites (N-methyl/N-ethyl adjacent to an activating group) is 1. The van der Waals surface area contributed by atoms with Crippen LogP contribution in [-0.2, 0) is 32.7 Å². The summed E-state index contributed by atoms with van der Waals surface area (Å²) in [5, 5.41) is 9.58. The molecule has 8 heteroatoms. The fourth-order valence-corrected chi connectivity index (χ4v) is 5.34. The number of ether oxygens (including phenoxy) is 3. The first-order valence-corrected chi connectivity index (χ1v) is 11.4. The Labute approximate surface area is 198 Å². The zero-order valence-electron chi connectivity index (χ0n) is 19.3. The molecule has 178 valence electrons. The predicted molar refractivity (Wildman–Crippen MR) is 124 cm³/mol. The Morgan fingerprint density at radius 1 is 1.24 bits per heavy atom. The Morgan fingerprint density at radius 2 is 1.97 bits per heavy atom. The van der Waals surface area contributed by atoms with Crippen molar-refractivity contribution >= 4 is 12.3 Å². The number of fused-ring (bicyclic) bond motifs is 3. The minimum absolute atomic E-state index is 0.0536. The molecule has 2 heterocycles. The number of phenolic OH excluding ortho intramolecular Hbond substituents is 1. The van der Waals surface area contributed by atoms with E-state index < -0.39 is 11.5 Å². The van der Waals surface area contributed by atoms with Crippen molar-refractivity contribution in [2.45, 2.75) is 36.9 Å². The molecule has 0 saturated heterocycles. The van der Waals surface area contributed by atoms with Crippen LogP contribution in [0.2, 0.25) is 0 Å². The lowest BCUT2D eigenvalue weighted by Gasteiger charge is -2.50. The number of rotatable bonds is 6. The number of hydrogen-bond acceptors (Lipinski definition) is 6. The van der Waals surface area contributed by atoms with E-state index in [0.29, 0.717) is 37.4 Å². The molecule has 34 heavy (non-hydrogen) atoms. The zero-order valence-corrected chi connectivity index (χ0v) is 19.3. The van der Waals surface area contributed by atoms with Crippen LogP contribution >= 0.6 is 0 Å². The largest absolute Gasteiger partial charge is 0.508 e. The maximum atomic E-state index is 14.2. The van der Waals surface area contributed by atoms with E-state index in [2.05, 4.69) is 0 Å². The Morgan fingerprint density at radius 3 is 2.68 bits per heavy atom. The number of hydrogen-bond donors (Lipinski definition) is 1. The first kappa shape index (κ1) is 22.3. The van der Waals surface area contributed by atoms with Gasteiger partial charge in [-0.25, -0.2) is 0 Å². The molecule has 3 unspecified atom stereocenters. The second-order valence-corrected chi connectivity index (χ2v) is 9.03. The molecule has 2 aromatic carbocycles. The molecule has 1 spiro atoms. The summed E-state index contributed by atoms with van der Waals surface area (Å²) in [6, 6.07) is 10.4. The summed E-state index contributed by atoms with van der Waals surface area (Å²) in [5.41, 5.74) is 1.77. The fourth-order valence-electron chi connectivity index (χ4n) is 5.34. The molecule has 1 N–H and O–H groups in total. The molecule has 3 aliphatic rings. The van der Waals surface area contributed by atoms with Crippen LogP contribution in [0.15, 0.2) is 48.6 Å². The van der Waals surface area contributed by atoms with Gasteiger partial charge in [-0.15, -0.1) is 0 Å². The van der Waals surface area contributed by atoms with E-state index in [1.54, 1.807) is 31.2 Å². The number of nitrogens with zero attached hydrogens (tertiary/aromatic N) is 2. The molecule has 1 aliphatic carbocycles. The van der Waals surface area contributed by atoms with Crippen molar-refractivity contribution in [3.63, 3.8) is 0 Å².